The van der Waals surface area contributed by atoms with Gasteiger partial charge in [-0.05, 0) is 19.8 Å². The molecule has 0 bridgehead atoms. The third kappa shape index (κ3) is 3.26. The van der Waals surface area contributed by atoms with Crippen LogP contribution in [0.4, 0.5) is 5.95 Å². The number of halogens is 1. The van der Waals surface area contributed by atoms with Crippen LogP contribution in [0.1, 0.15) is 39.0 Å². The van der Waals surface area contributed by atoms with Crippen LogP contribution < -0.4 is 16.6 Å². The number of anilines is 1. The minimum Gasteiger partial charge on any atom is -0.353 e. The first-order chi connectivity index (χ1) is 11.5. The maximum atomic E-state index is 12.3. The first-order valence-corrected chi connectivity index (χ1v) is 8.63. The lowest BCUT2D eigenvalue weighted by atomic mass is 9.96. The number of aryl methyl sites for hydroxylation is 1. The van der Waals surface area contributed by atoms with Gasteiger partial charge in [0.05, 0.1) is 0 Å². The van der Waals surface area contributed by atoms with E-state index in [1.807, 2.05) is 6.08 Å². The summed E-state index contributed by atoms with van der Waals surface area (Å²) in [4.78, 5) is 31.0. The number of aromatic nitrogens is 4. The molecule has 0 aromatic carbocycles. The number of hydrogen-bond acceptors (Lipinski definition) is 4. The average Bonchev–Trinajstić information content (AvgIpc) is 2.90. The van der Waals surface area contributed by atoms with Gasteiger partial charge < -0.3 is 9.88 Å². The highest BCUT2D eigenvalue weighted by atomic mass is 35.5. The number of imidazole rings is 1. The van der Waals surface area contributed by atoms with Crippen molar-refractivity contribution in [1.82, 2.24) is 19.1 Å². The van der Waals surface area contributed by atoms with E-state index in [9.17, 15) is 9.59 Å². The van der Waals surface area contributed by atoms with Crippen LogP contribution in [0.3, 0.4) is 0 Å². The van der Waals surface area contributed by atoms with Gasteiger partial charge in [-0.1, -0.05) is 36.9 Å². The molecule has 8 heteroatoms. The van der Waals surface area contributed by atoms with Gasteiger partial charge in [-0.3, -0.25) is 14.3 Å². The van der Waals surface area contributed by atoms with Crippen molar-refractivity contribution >= 4 is 28.7 Å². The summed E-state index contributed by atoms with van der Waals surface area (Å²) in [6.07, 6.45) is 7.64. The molecular formula is C16H22ClN5O2. The van der Waals surface area contributed by atoms with Gasteiger partial charge in [-0.25, -0.2) is 4.79 Å². The summed E-state index contributed by atoms with van der Waals surface area (Å²) in [6.45, 7) is 2.21. The second-order valence-electron chi connectivity index (χ2n) is 6.31. The lowest BCUT2D eigenvalue weighted by Gasteiger charge is -2.23. The molecule has 1 aliphatic carbocycles. The zero-order valence-corrected chi connectivity index (χ0v) is 14.7. The molecule has 0 atom stereocenters. The third-order valence-corrected chi connectivity index (χ3v) is 4.65. The number of aromatic amines is 1. The van der Waals surface area contributed by atoms with E-state index in [2.05, 4.69) is 15.3 Å². The van der Waals surface area contributed by atoms with Crippen LogP contribution in [0.15, 0.2) is 20.7 Å². The smallest absolute Gasteiger partial charge is 0.329 e. The molecule has 3 rings (SSSR count). The Bertz CT molecular complexity index is 882. The van der Waals surface area contributed by atoms with Gasteiger partial charge in [0, 0.05) is 24.7 Å². The molecule has 0 amide bonds. The first kappa shape index (κ1) is 16.8. The largest absolute Gasteiger partial charge is 0.353 e. The predicted molar refractivity (Wildman–Crippen MR) is 95.7 cm³/mol. The molecule has 1 saturated carbocycles. The molecule has 0 spiro atoms. The van der Waals surface area contributed by atoms with Gasteiger partial charge in [0.1, 0.15) is 0 Å². The summed E-state index contributed by atoms with van der Waals surface area (Å²) in [5.41, 5.74) is -0.143. The van der Waals surface area contributed by atoms with Gasteiger partial charge >= 0.3 is 5.69 Å². The summed E-state index contributed by atoms with van der Waals surface area (Å²) < 4.78 is 3.14. The zero-order valence-electron chi connectivity index (χ0n) is 13.9. The van der Waals surface area contributed by atoms with Crippen molar-refractivity contribution in [2.24, 2.45) is 7.05 Å². The van der Waals surface area contributed by atoms with Crippen molar-refractivity contribution in [1.29, 1.82) is 0 Å². The highest BCUT2D eigenvalue weighted by molar-refractivity contribution is 6.29. The fraction of sp³-hybridized carbons (Fsp3) is 0.562. The van der Waals surface area contributed by atoms with Gasteiger partial charge in [-0.15, -0.1) is 0 Å². The van der Waals surface area contributed by atoms with Crippen molar-refractivity contribution in [2.45, 2.75) is 51.6 Å². The van der Waals surface area contributed by atoms with Crippen LogP contribution in [0.5, 0.6) is 0 Å². The van der Waals surface area contributed by atoms with Crippen LogP contribution in [0.25, 0.3) is 11.2 Å². The highest BCUT2D eigenvalue weighted by Crippen LogP contribution is 2.23. The summed E-state index contributed by atoms with van der Waals surface area (Å²) in [5, 5.41) is 4.09. The minimum atomic E-state index is -0.467. The Morgan fingerprint density at radius 1 is 1.38 bits per heavy atom. The molecule has 0 unspecified atom stereocenters. The fourth-order valence-corrected chi connectivity index (χ4v) is 3.24. The van der Waals surface area contributed by atoms with Crippen molar-refractivity contribution in [3.63, 3.8) is 0 Å². The van der Waals surface area contributed by atoms with E-state index in [0.717, 1.165) is 12.8 Å². The molecule has 130 valence electrons. The van der Waals surface area contributed by atoms with Crippen LogP contribution in [-0.2, 0) is 13.6 Å². The third-order valence-electron chi connectivity index (χ3n) is 4.50. The van der Waals surface area contributed by atoms with Crippen molar-refractivity contribution in [2.75, 3.05) is 5.32 Å². The lowest BCUT2D eigenvalue weighted by molar-refractivity contribution is 0.459. The first-order valence-electron chi connectivity index (χ1n) is 8.25. The van der Waals surface area contributed by atoms with E-state index >= 15 is 0 Å². The van der Waals surface area contributed by atoms with E-state index in [-0.39, 0.29) is 0 Å². The Hall–Kier alpha value is -2.02. The van der Waals surface area contributed by atoms with Crippen LogP contribution in [-0.4, -0.2) is 25.1 Å². The number of nitrogens with zero attached hydrogens (tertiary/aromatic N) is 3. The fourth-order valence-electron chi connectivity index (χ4n) is 3.17. The summed E-state index contributed by atoms with van der Waals surface area (Å²) in [5.74, 6) is 0.609. The number of fused-ring (bicyclic) bond motifs is 1. The quantitative estimate of drug-likeness (QED) is 0.885. The molecule has 2 N–H and O–H groups in total. The van der Waals surface area contributed by atoms with Crippen molar-refractivity contribution in [3.05, 3.63) is 31.9 Å². The Morgan fingerprint density at radius 3 is 2.75 bits per heavy atom. The molecule has 1 fully saturated rings. The van der Waals surface area contributed by atoms with Crippen LogP contribution >= 0.6 is 11.6 Å². The van der Waals surface area contributed by atoms with Crippen LogP contribution in [0, 0.1) is 0 Å². The SMILES string of the molecule is CC(Cl)=CCn1c(NC2CCCCC2)nc2c1c(=O)[nH]c(=O)n2C. The number of allylic oxidation sites excluding steroid dienone is 2. The summed E-state index contributed by atoms with van der Waals surface area (Å²) >= 11 is 5.95. The molecule has 0 radical (unpaired) electrons. The second kappa shape index (κ2) is 6.84. The van der Waals surface area contributed by atoms with Gasteiger partial charge in [0.25, 0.3) is 5.56 Å². The van der Waals surface area contributed by atoms with Crippen molar-refractivity contribution < 1.29 is 0 Å². The Kier molecular flexibility index (Phi) is 4.80. The van der Waals surface area contributed by atoms with E-state index in [0.29, 0.717) is 34.7 Å². The molecule has 7 nitrogen and oxygen atoms in total. The Labute approximate surface area is 144 Å². The van der Waals surface area contributed by atoms with E-state index < -0.39 is 11.2 Å². The van der Waals surface area contributed by atoms with Crippen molar-refractivity contribution in [3.8, 4) is 0 Å². The molecule has 0 saturated heterocycles. The average molecular weight is 352 g/mol. The summed E-state index contributed by atoms with van der Waals surface area (Å²) in [7, 11) is 1.60. The highest BCUT2D eigenvalue weighted by Gasteiger charge is 2.20. The number of hydrogen-bond donors (Lipinski definition) is 2. The molecule has 1 aliphatic rings. The molecule has 0 aliphatic heterocycles. The summed E-state index contributed by atoms with van der Waals surface area (Å²) in [6, 6.07) is 0.339. The van der Waals surface area contributed by atoms with E-state index in [4.69, 9.17) is 11.6 Å². The van der Waals surface area contributed by atoms with Crippen LogP contribution in [0.2, 0.25) is 0 Å². The topological polar surface area (TPSA) is 84.7 Å². The van der Waals surface area contributed by atoms with Gasteiger partial charge in [0.2, 0.25) is 5.95 Å². The molecule has 24 heavy (non-hydrogen) atoms. The van der Waals surface area contributed by atoms with Gasteiger partial charge in [0.15, 0.2) is 11.2 Å². The van der Waals surface area contributed by atoms with Gasteiger partial charge in [-0.2, -0.15) is 4.98 Å². The monoisotopic (exact) mass is 351 g/mol. The molecule has 2 aromatic rings. The van der Waals surface area contributed by atoms with E-state index in [1.54, 1.807) is 18.5 Å². The lowest BCUT2D eigenvalue weighted by Crippen LogP contribution is -2.29. The van der Waals surface area contributed by atoms with E-state index in [1.165, 1.54) is 23.8 Å². The molecule has 2 aromatic heterocycles. The molecule has 2 heterocycles. The maximum absolute atomic E-state index is 12.3. The maximum Gasteiger partial charge on any atom is 0.329 e. The standard InChI is InChI=1S/C16H22ClN5O2/c1-10(17)8-9-22-12-13(21(2)16(24)20-14(12)23)19-15(22)18-11-6-4-3-5-7-11/h8,11H,3-7,9H2,1-2H3,(H,18,19)(H,20,23,24). The minimum absolute atomic E-state index is 0.339. The zero-order chi connectivity index (χ0) is 17.3. The predicted octanol–water partition coefficient (Wildman–Crippen LogP) is 2.31. The second-order valence-corrected chi connectivity index (χ2v) is 6.90. The Balaban J connectivity index is 2.11. The number of H-pyrrole nitrogens is 1. The molecular weight excluding hydrogens is 330 g/mol. The Morgan fingerprint density at radius 2 is 2.08 bits per heavy atom. The normalized spacial score (nSPS) is 16.7. The number of rotatable bonds is 4. The number of nitrogens with one attached hydrogen (secondary N) is 2.